The number of amides is 3. The normalized spacial score (nSPS) is 10.4. The van der Waals surface area contributed by atoms with Crippen molar-refractivity contribution in [3.8, 4) is 0 Å². The van der Waals surface area contributed by atoms with Crippen molar-refractivity contribution in [2.24, 2.45) is 5.92 Å². The molecule has 144 valence electrons. The third-order valence-electron chi connectivity index (χ3n) is 4.01. The number of nitrogens with one attached hydrogen (secondary N) is 3. The number of anilines is 3. The molecule has 0 aliphatic rings. The summed E-state index contributed by atoms with van der Waals surface area (Å²) in [7, 11) is 3.82. The van der Waals surface area contributed by atoms with Gasteiger partial charge in [0.05, 0.1) is 0 Å². The van der Waals surface area contributed by atoms with Gasteiger partial charge in [-0.05, 0) is 30.7 Å². The van der Waals surface area contributed by atoms with Crippen molar-refractivity contribution in [3.63, 3.8) is 0 Å². The molecule has 1 heterocycles. The summed E-state index contributed by atoms with van der Waals surface area (Å²) in [5.41, 5.74) is 3.13. The van der Waals surface area contributed by atoms with E-state index in [-0.39, 0.29) is 17.9 Å². The first-order valence-electron chi connectivity index (χ1n) is 8.85. The highest BCUT2D eigenvalue weighted by Crippen LogP contribution is 2.21. The molecule has 0 spiro atoms. The van der Waals surface area contributed by atoms with E-state index in [2.05, 4.69) is 20.9 Å². The smallest absolute Gasteiger partial charge is 0.319 e. The summed E-state index contributed by atoms with van der Waals surface area (Å²) in [4.78, 5) is 30.4. The maximum Gasteiger partial charge on any atom is 0.319 e. The first-order valence-corrected chi connectivity index (χ1v) is 8.85. The zero-order valence-electron chi connectivity index (χ0n) is 16.5. The molecule has 1 aromatic heterocycles. The zero-order chi connectivity index (χ0) is 20.0. The van der Waals surface area contributed by atoms with Crippen LogP contribution in [0.5, 0.6) is 0 Å². The van der Waals surface area contributed by atoms with Crippen molar-refractivity contribution in [2.75, 3.05) is 29.6 Å². The van der Waals surface area contributed by atoms with E-state index in [4.69, 9.17) is 0 Å². The van der Waals surface area contributed by atoms with Crippen molar-refractivity contribution in [1.82, 2.24) is 10.3 Å². The van der Waals surface area contributed by atoms with Crippen LogP contribution >= 0.6 is 0 Å². The number of aryl methyl sites for hydroxylation is 1. The number of rotatable bonds is 6. The number of aromatic nitrogens is 1. The van der Waals surface area contributed by atoms with Crippen LogP contribution < -0.4 is 20.9 Å². The van der Waals surface area contributed by atoms with Crippen molar-refractivity contribution in [1.29, 1.82) is 0 Å². The molecule has 0 aliphatic heterocycles. The fourth-order valence-electron chi connectivity index (χ4n) is 2.43. The molecule has 2 aromatic rings. The lowest BCUT2D eigenvalue weighted by molar-refractivity contribution is -0.118. The van der Waals surface area contributed by atoms with Crippen molar-refractivity contribution >= 4 is 29.1 Å². The maximum absolute atomic E-state index is 12.3. The topological polar surface area (TPSA) is 86.4 Å². The molecule has 0 fully saturated rings. The summed E-state index contributed by atoms with van der Waals surface area (Å²) >= 11 is 0. The summed E-state index contributed by atoms with van der Waals surface area (Å²) in [5.74, 6) is 0.630. The van der Waals surface area contributed by atoms with Gasteiger partial charge in [0.1, 0.15) is 5.82 Å². The molecule has 0 saturated carbocycles. The maximum atomic E-state index is 12.3. The molecule has 3 N–H and O–H groups in total. The molecule has 0 saturated heterocycles. The molecule has 0 atom stereocenters. The van der Waals surface area contributed by atoms with Crippen LogP contribution in [0.1, 0.15) is 25.0 Å². The highest BCUT2D eigenvalue weighted by atomic mass is 16.2. The Labute approximate surface area is 160 Å². The number of nitrogens with zero attached hydrogens (tertiary/aromatic N) is 2. The van der Waals surface area contributed by atoms with E-state index < -0.39 is 0 Å². The summed E-state index contributed by atoms with van der Waals surface area (Å²) in [6, 6.07) is 8.88. The second-order valence-electron chi connectivity index (χ2n) is 6.86. The van der Waals surface area contributed by atoms with Crippen LogP contribution in [0.3, 0.4) is 0 Å². The summed E-state index contributed by atoms with van der Waals surface area (Å²) in [6.45, 7) is 5.91. The molecular formula is C20H27N5O2. The lowest BCUT2D eigenvalue weighted by atomic mass is 10.1. The minimum Gasteiger partial charge on any atom is -0.362 e. The number of hydrogen-bond donors (Lipinski definition) is 3. The van der Waals surface area contributed by atoms with Crippen LogP contribution in [-0.2, 0) is 11.3 Å². The number of carbonyl (C=O) groups excluding carboxylic acids is 2. The molecule has 7 heteroatoms. The Morgan fingerprint density at radius 3 is 2.56 bits per heavy atom. The minimum absolute atomic E-state index is 0.0675. The summed E-state index contributed by atoms with van der Waals surface area (Å²) in [5, 5.41) is 8.52. The first kappa shape index (κ1) is 20.2. The molecule has 1 aromatic carbocycles. The first-order chi connectivity index (χ1) is 12.8. The van der Waals surface area contributed by atoms with Gasteiger partial charge in [-0.3, -0.25) is 4.79 Å². The molecule has 2 rings (SSSR count). The van der Waals surface area contributed by atoms with Crippen LogP contribution in [0.4, 0.5) is 22.0 Å². The molecule has 0 bridgehead atoms. The molecule has 0 unspecified atom stereocenters. The lowest BCUT2D eigenvalue weighted by Gasteiger charge is -2.17. The Morgan fingerprint density at radius 1 is 1.15 bits per heavy atom. The van der Waals surface area contributed by atoms with Gasteiger partial charge in [-0.25, -0.2) is 9.78 Å². The molecule has 7 nitrogen and oxygen atoms in total. The Bertz CT molecular complexity index is 818. The number of carbonyl (C=O) groups is 2. The molecule has 27 heavy (non-hydrogen) atoms. The average molecular weight is 369 g/mol. The van der Waals surface area contributed by atoms with E-state index >= 15 is 0 Å². The Hall–Kier alpha value is -3.09. The van der Waals surface area contributed by atoms with Gasteiger partial charge in [0.15, 0.2) is 0 Å². The fourth-order valence-corrected chi connectivity index (χ4v) is 2.43. The lowest BCUT2D eigenvalue weighted by Crippen LogP contribution is -2.29. The van der Waals surface area contributed by atoms with Crippen molar-refractivity contribution in [2.45, 2.75) is 27.3 Å². The van der Waals surface area contributed by atoms with E-state index in [1.807, 2.05) is 64.0 Å². The van der Waals surface area contributed by atoms with Crippen molar-refractivity contribution < 1.29 is 9.59 Å². The summed E-state index contributed by atoms with van der Waals surface area (Å²) < 4.78 is 0. The van der Waals surface area contributed by atoms with E-state index in [1.165, 1.54) is 0 Å². The van der Waals surface area contributed by atoms with Gasteiger partial charge in [0.25, 0.3) is 0 Å². The quantitative estimate of drug-likeness (QED) is 0.729. The van der Waals surface area contributed by atoms with Crippen LogP contribution in [-0.4, -0.2) is 31.0 Å². The Morgan fingerprint density at radius 2 is 1.89 bits per heavy atom. The van der Waals surface area contributed by atoms with Crippen LogP contribution in [0.2, 0.25) is 0 Å². The van der Waals surface area contributed by atoms with Gasteiger partial charge in [0, 0.05) is 49.7 Å². The second kappa shape index (κ2) is 9.02. The predicted octanol–water partition coefficient (Wildman–Crippen LogP) is 3.37. The fraction of sp³-hybridized carbons (Fsp3) is 0.350. The van der Waals surface area contributed by atoms with Gasteiger partial charge >= 0.3 is 6.03 Å². The number of hydrogen-bond acceptors (Lipinski definition) is 4. The third-order valence-corrected chi connectivity index (χ3v) is 4.01. The predicted molar refractivity (Wildman–Crippen MR) is 109 cm³/mol. The van der Waals surface area contributed by atoms with Gasteiger partial charge in [0.2, 0.25) is 5.91 Å². The monoisotopic (exact) mass is 369 g/mol. The van der Waals surface area contributed by atoms with E-state index in [9.17, 15) is 9.59 Å². The number of urea groups is 1. The molecular weight excluding hydrogens is 342 g/mol. The molecule has 0 aliphatic carbocycles. The van der Waals surface area contributed by atoms with Gasteiger partial charge in [-0.2, -0.15) is 0 Å². The van der Waals surface area contributed by atoms with Gasteiger partial charge in [-0.1, -0.05) is 26.0 Å². The largest absolute Gasteiger partial charge is 0.362 e. The molecule has 3 amide bonds. The van der Waals surface area contributed by atoms with Crippen LogP contribution in [0, 0.1) is 12.8 Å². The molecule has 0 radical (unpaired) electrons. The van der Waals surface area contributed by atoms with E-state index in [1.54, 1.807) is 12.3 Å². The van der Waals surface area contributed by atoms with E-state index in [0.29, 0.717) is 17.9 Å². The summed E-state index contributed by atoms with van der Waals surface area (Å²) in [6.07, 6.45) is 1.72. The third kappa shape index (κ3) is 5.70. The minimum atomic E-state index is -0.320. The van der Waals surface area contributed by atoms with Gasteiger partial charge in [-0.15, -0.1) is 0 Å². The van der Waals surface area contributed by atoms with Crippen LogP contribution in [0.15, 0.2) is 36.5 Å². The standard InChI is InChI=1S/C20H27N5O2/c1-13(2)19(26)23-16-9-8-14(3)17(11-16)24-20(27)22-12-15-7-6-10-21-18(15)25(4)5/h6-11,13H,12H2,1-5H3,(H,23,26)(H2,22,24,27). The second-order valence-corrected chi connectivity index (χ2v) is 6.86. The van der Waals surface area contributed by atoms with E-state index in [0.717, 1.165) is 16.9 Å². The van der Waals surface area contributed by atoms with Crippen LogP contribution in [0.25, 0.3) is 0 Å². The average Bonchev–Trinajstić information content (AvgIpc) is 2.62. The highest BCUT2D eigenvalue weighted by molar-refractivity contribution is 5.94. The Kier molecular flexibility index (Phi) is 6.76. The Balaban J connectivity index is 2.02. The zero-order valence-corrected chi connectivity index (χ0v) is 16.5. The van der Waals surface area contributed by atoms with Crippen molar-refractivity contribution in [3.05, 3.63) is 47.7 Å². The number of pyridine rings is 1. The SMILES string of the molecule is Cc1ccc(NC(=O)C(C)C)cc1NC(=O)NCc1cccnc1N(C)C. The number of benzene rings is 1. The van der Waals surface area contributed by atoms with Gasteiger partial charge < -0.3 is 20.9 Å². The highest BCUT2D eigenvalue weighted by Gasteiger charge is 2.11.